The van der Waals surface area contributed by atoms with Gasteiger partial charge in [-0.2, -0.15) is 0 Å². The Labute approximate surface area is 373 Å². The number of phosphoric ester groups is 1. The smallest absolute Gasteiger partial charge is 0.472 e. The van der Waals surface area contributed by atoms with Crippen LogP contribution in [0.25, 0.3) is 0 Å². The van der Waals surface area contributed by atoms with Crippen LogP contribution in [0.3, 0.4) is 0 Å². The SMILES string of the molecule is CC/C=C\C/C=C\C/C=C\C/C=C\CCCCCOCC(COP(=O)(O)OCC(N)C(=O)O)OC(=O)CCCCCCCCCCCCCCCCCCCCCCCCC. The fraction of sp³-hybridized carbons (Fsp3) is 0.800. The van der Waals surface area contributed by atoms with Crippen LogP contribution in [0.5, 0.6) is 0 Å². The minimum absolute atomic E-state index is 0.00333. The number of ether oxygens (including phenoxy) is 2. The number of carbonyl (C=O) groups excluding carboxylic acids is 1. The maximum absolute atomic E-state index is 12.7. The van der Waals surface area contributed by atoms with Gasteiger partial charge in [0.1, 0.15) is 12.1 Å². The Morgan fingerprint density at radius 2 is 0.951 bits per heavy atom. The molecule has 0 fully saturated rings. The van der Waals surface area contributed by atoms with Crippen LogP contribution in [0.15, 0.2) is 48.6 Å². The first kappa shape index (κ1) is 58.9. The highest BCUT2D eigenvalue weighted by Gasteiger charge is 2.27. The molecule has 0 spiro atoms. The standard InChI is InChI=1S/C50H92NO9P/c1-3-5-7-9-11-13-15-17-19-21-22-23-24-25-26-27-28-30-32-34-36-38-40-42-49(52)60-47(45-58-61(55,56)59-46-48(51)50(53)54)44-57-43-41-39-37-35-33-31-29-20-18-16-14-12-10-8-6-4-2/h6,8,12,14,18,20,31,33,47-48H,3-5,7,9-11,13,15-17,19,21-30,32,34-46,51H2,1-2H3,(H,53,54)(H,55,56)/b8-6-,14-12-,20-18-,33-31-. The molecule has 61 heavy (non-hydrogen) atoms. The zero-order valence-electron chi connectivity index (χ0n) is 39.0. The van der Waals surface area contributed by atoms with Crippen molar-refractivity contribution in [2.24, 2.45) is 5.73 Å². The molecule has 0 aliphatic rings. The molecular formula is C50H92NO9P. The molecule has 0 aromatic carbocycles. The molecule has 10 nitrogen and oxygen atoms in total. The molecule has 0 aromatic rings. The molecule has 3 atom stereocenters. The van der Waals surface area contributed by atoms with Crippen LogP contribution in [0.4, 0.5) is 0 Å². The third kappa shape index (κ3) is 45.8. The number of hydrogen-bond donors (Lipinski definition) is 3. The monoisotopic (exact) mass is 882 g/mol. The summed E-state index contributed by atoms with van der Waals surface area (Å²) in [4.78, 5) is 33.6. The number of allylic oxidation sites excluding steroid dienone is 8. The molecule has 4 N–H and O–H groups in total. The van der Waals surface area contributed by atoms with Gasteiger partial charge in [0.25, 0.3) is 0 Å². The van der Waals surface area contributed by atoms with Gasteiger partial charge in [-0.15, -0.1) is 0 Å². The lowest BCUT2D eigenvalue weighted by molar-refractivity contribution is -0.154. The van der Waals surface area contributed by atoms with Gasteiger partial charge in [-0.25, -0.2) is 4.57 Å². The van der Waals surface area contributed by atoms with Crippen LogP contribution < -0.4 is 5.73 Å². The van der Waals surface area contributed by atoms with Crippen LogP contribution in [0.1, 0.15) is 219 Å². The molecule has 0 bridgehead atoms. The maximum Gasteiger partial charge on any atom is 0.472 e. The van der Waals surface area contributed by atoms with E-state index < -0.39 is 45.1 Å². The summed E-state index contributed by atoms with van der Waals surface area (Å²) in [5, 5.41) is 8.92. The highest BCUT2D eigenvalue weighted by Crippen LogP contribution is 2.43. The lowest BCUT2D eigenvalue weighted by Crippen LogP contribution is -2.34. The quantitative estimate of drug-likeness (QED) is 0.0233. The van der Waals surface area contributed by atoms with E-state index in [-0.39, 0.29) is 13.0 Å². The van der Waals surface area contributed by atoms with Crippen LogP contribution in [0.2, 0.25) is 0 Å². The van der Waals surface area contributed by atoms with Gasteiger partial charge in [0.15, 0.2) is 0 Å². The number of esters is 1. The van der Waals surface area contributed by atoms with Gasteiger partial charge in [-0.1, -0.05) is 210 Å². The fourth-order valence-electron chi connectivity index (χ4n) is 6.83. The van der Waals surface area contributed by atoms with Gasteiger partial charge in [-0.05, 0) is 51.4 Å². The Hall–Kier alpha value is -2.07. The normalized spacial score (nSPS) is 14.2. The molecule has 0 saturated heterocycles. The number of nitrogens with two attached hydrogens (primary N) is 1. The summed E-state index contributed by atoms with van der Waals surface area (Å²) in [6.45, 7) is 3.72. The van der Waals surface area contributed by atoms with Crippen molar-refractivity contribution in [2.45, 2.75) is 231 Å². The number of carbonyl (C=O) groups is 2. The molecule has 11 heteroatoms. The van der Waals surface area contributed by atoms with Gasteiger partial charge >= 0.3 is 19.8 Å². The average molecular weight is 882 g/mol. The second-order valence-electron chi connectivity index (χ2n) is 16.6. The zero-order chi connectivity index (χ0) is 44.8. The van der Waals surface area contributed by atoms with Gasteiger partial charge in [-0.3, -0.25) is 18.6 Å². The van der Waals surface area contributed by atoms with E-state index in [0.717, 1.165) is 64.2 Å². The van der Waals surface area contributed by atoms with E-state index in [9.17, 15) is 19.0 Å². The summed E-state index contributed by atoms with van der Waals surface area (Å²) in [5.41, 5.74) is 5.37. The summed E-state index contributed by atoms with van der Waals surface area (Å²) in [7, 11) is -4.63. The van der Waals surface area contributed by atoms with Crippen molar-refractivity contribution in [3.05, 3.63) is 48.6 Å². The van der Waals surface area contributed by atoms with Gasteiger partial charge < -0.3 is 25.2 Å². The predicted molar refractivity (Wildman–Crippen MR) is 254 cm³/mol. The summed E-state index contributed by atoms with van der Waals surface area (Å²) in [6.07, 6.45) is 54.6. The van der Waals surface area contributed by atoms with E-state index >= 15 is 0 Å². The van der Waals surface area contributed by atoms with Crippen molar-refractivity contribution in [1.29, 1.82) is 0 Å². The minimum Gasteiger partial charge on any atom is -0.480 e. The van der Waals surface area contributed by atoms with Crippen molar-refractivity contribution in [3.8, 4) is 0 Å². The molecule has 0 aliphatic heterocycles. The highest BCUT2D eigenvalue weighted by atomic mass is 31.2. The Morgan fingerprint density at radius 3 is 1.41 bits per heavy atom. The van der Waals surface area contributed by atoms with Gasteiger partial charge in [0.05, 0.1) is 19.8 Å². The lowest BCUT2D eigenvalue weighted by atomic mass is 10.0. The van der Waals surface area contributed by atoms with Crippen LogP contribution >= 0.6 is 7.82 Å². The highest BCUT2D eigenvalue weighted by molar-refractivity contribution is 7.47. The first-order chi connectivity index (χ1) is 29.7. The van der Waals surface area contributed by atoms with Crippen LogP contribution in [0, 0.1) is 0 Å². The summed E-state index contributed by atoms with van der Waals surface area (Å²) in [6, 6.07) is -1.48. The third-order valence-electron chi connectivity index (χ3n) is 10.6. The summed E-state index contributed by atoms with van der Waals surface area (Å²) >= 11 is 0. The van der Waals surface area contributed by atoms with Crippen molar-refractivity contribution in [2.75, 3.05) is 26.4 Å². The van der Waals surface area contributed by atoms with E-state index in [4.69, 9.17) is 29.4 Å². The van der Waals surface area contributed by atoms with Gasteiger partial charge in [0, 0.05) is 13.0 Å². The molecule has 0 radical (unpaired) electrons. The number of hydrogen-bond acceptors (Lipinski definition) is 8. The van der Waals surface area contributed by atoms with E-state index in [0.29, 0.717) is 13.0 Å². The fourth-order valence-corrected chi connectivity index (χ4v) is 7.61. The Bertz CT molecular complexity index is 1160. The number of aliphatic carboxylic acids is 1. The van der Waals surface area contributed by atoms with Crippen LogP contribution in [-0.4, -0.2) is 60.5 Å². The molecule has 0 heterocycles. The number of carboxylic acid groups (broad SMARTS) is 1. The number of unbranched alkanes of at least 4 members (excludes halogenated alkanes) is 25. The number of carboxylic acids is 1. The molecule has 0 saturated carbocycles. The van der Waals surface area contributed by atoms with Crippen molar-refractivity contribution >= 4 is 19.8 Å². The number of phosphoric acid groups is 1. The Balaban J connectivity index is 4.15. The second-order valence-corrected chi connectivity index (χ2v) is 18.0. The maximum atomic E-state index is 12.7. The molecule has 0 aliphatic carbocycles. The van der Waals surface area contributed by atoms with Crippen molar-refractivity contribution in [1.82, 2.24) is 0 Å². The average Bonchev–Trinajstić information content (AvgIpc) is 3.24. The minimum atomic E-state index is -4.63. The molecule has 356 valence electrons. The largest absolute Gasteiger partial charge is 0.480 e. The van der Waals surface area contributed by atoms with Crippen LogP contribution in [-0.2, 0) is 32.7 Å². The van der Waals surface area contributed by atoms with E-state index in [1.54, 1.807) is 0 Å². The molecule has 0 rings (SSSR count). The zero-order valence-corrected chi connectivity index (χ0v) is 39.9. The molecule has 3 unspecified atom stereocenters. The third-order valence-corrected chi connectivity index (χ3v) is 11.6. The Kier molecular flexibility index (Phi) is 44.4. The second kappa shape index (κ2) is 45.9. The predicted octanol–water partition coefficient (Wildman–Crippen LogP) is 14.2. The first-order valence-corrected chi connectivity index (χ1v) is 26.2. The first-order valence-electron chi connectivity index (χ1n) is 24.7. The van der Waals surface area contributed by atoms with Crippen molar-refractivity contribution < 1.29 is 42.7 Å². The van der Waals surface area contributed by atoms with Gasteiger partial charge in [0.2, 0.25) is 0 Å². The van der Waals surface area contributed by atoms with E-state index in [1.165, 1.54) is 128 Å². The molecule has 0 amide bonds. The molecular weight excluding hydrogens is 790 g/mol. The summed E-state index contributed by atoms with van der Waals surface area (Å²) in [5.74, 6) is -1.79. The summed E-state index contributed by atoms with van der Waals surface area (Å²) < 4.78 is 33.4. The molecule has 0 aromatic heterocycles. The Morgan fingerprint density at radius 1 is 0.541 bits per heavy atom. The van der Waals surface area contributed by atoms with E-state index in [2.05, 4.69) is 62.5 Å². The topological polar surface area (TPSA) is 155 Å². The number of rotatable bonds is 47. The van der Waals surface area contributed by atoms with E-state index in [1.807, 2.05) is 0 Å². The van der Waals surface area contributed by atoms with Crippen molar-refractivity contribution in [3.63, 3.8) is 0 Å². The lowest BCUT2D eigenvalue weighted by Gasteiger charge is -2.20.